The lowest BCUT2D eigenvalue weighted by Crippen LogP contribution is -3.13. The van der Waals surface area contributed by atoms with Gasteiger partial charge in [-0.05, 0) is 30.3 Å². The quantitative estimate of drug-likeness (QED) is 0.811. The molecule has 0 spiro atoms. The first-order valence-electron chi connectivity index (χ1n) is 9.23. The van der Waals surface area contributed by atoms with Gasteiger partial charge in [-0.3, -0.25) is 4.79 Å². The Morgan fingerprint density at radius 3 is 2.21 bits per heavy atom. The second-order valence-corrected chi connectivity index (χ2v) is 6.76. The van der Waals surface area contributed by atoms with E-state index in [1.54, 1.807) is 38.4 Å². The first kappa shape index (κ1) is 19.9. The minimum absolute atomic E-state index is 0.119. The van der Waals surface area contributed by atoms with Crippen LogP contribution in [0, 0.1) is 5.82 Å². The zero-order chi connectivity index (χ0) is 20.1. The summed E-state index contributed by atoms with van der Waals surface area (Å²) in [6, 6.07) is 9.76. The summed E-state index contributed by atoms with van der Waals surface area (Å²) in [6.07, 6.45) is 0. The standard InChI is InChI=1S/C21H25FN2O4/c1-26-18-11-15(12-19(27-2)20(18)28-3)14-23-7-9-24(10-8-23)21(25)16-5-4-6-17(22)13-16/h4-6,11-13H,7-10,14H2,1-3H3/p+1. The van der Waals surface area contributed by atoms with Crippen LogP contribution in [0.1, 0.15) is 15.9 Å². The number of halogens is 1. The van der Waals surface area contributed by atoms with Gasteiger partial charge < -0.3 is 24.0 Å². The predicted octanol–water partition coefficient (Wildman–Crippen LogP) is 1.39. The summed E-state index contributed by atoms with van der Waals surface area (Å²) >= 11 is 0. The zero-order valence-electron chi connectivity index (χ0n) is 16.5. The van der Waals surface area contributed by atoms with Crippen LogP contribution >= 0.6 is 0 Å². The predicted molar refractivity (Wildman–Crippen MR) is 103 cm³/mol. The van der Waals surface area contributed by atoms with E-state index in [0.29, 0.717) is 35.9 Å². The van der Waals surface area contributed by atoms with Crippen LogP contribution < -0.4 is 19.1 Å². The van der Waals surface area contributed by atoms with Gasteiger partial charge in [0.05, 0.1) is 47.5 Å². The molecule has 0 radical (unpaired) electrons. The van der Waals surface area contributed by atoms with Gasteiger partial charge >= 0.3 is 0 Å². The molecule has 150 valence electrons. The molecule has 0 unspecified atom stereocenters. The maximum Gasteiger partial charge on any atom is 0.254 e. The third-order valence-electron chi connectivity index (χ3n) is 5.01. The van der Waals surface area contributed by atoms with E-state index in [0.717, 1.165) is 25.2 Å². The summed E-state index contributed by atoms with van der Waals surface area (Å²) in [7, 11) is 4.79. The summed E-state index contributed by atoms with van der Waals surface area (Å²) < 4.78 is 29.6. The first-order valence-corrected chi connectivity index (χ1v) is 9.23. The van der Waals surface area contributed by atoms with Crippen LogP contribution in [0.2, 0.25) is 0 Å². The Hall–Kier alpha value is -2.80. The molecular formula is C21H26FN2O4+. The van der Waals surface area contributed by atoms with Gasteiger partial charge in [0.1, 0.15) is 12.4 Å². The minimum Gasteiger partial charge on any atom is -0.493 e. The monoisotopic (exact) mass is 389 g/mol. The molecule has 1 heterocycles. The van der Waals surface area contributed by atoms with E-state index in [2.05, 4.69) is 0 Å². The minimum atomic E-state index is -0.391. The summed E-state index contributed by atoms with van der Waals surface area (Å²) in [5.41, 5.74) is 1.47. The fourth-order valence-electron chi connectivity index (χ4n) is 3.53. The fraction of sp³-hybridized carbons (Fsp3) is 0.381. The van der Waals surface area contributed by atoms with Crippen molar-refractivity contribution in [3.05, 3.63) is 53.3 Å². The second kappa shape index (κ2) is 8.93. The number of methoxy groups -OCH3 is 3. The van der Waals surface area contributed by atoms with Crippen LogP contribution in [-0.2, 0) is 6.54 Å². The third kappa shape index (κ3) is 4.36. The first-order chi connectivity index (χ1) is 13.5. The second-order valence-electron chi connectivity index (χ2n) is 6.76. The maximum absolute atomic E-state index is 13.4. The van der Waals surface area contributed by atoms with Crippen molar-refractivity contribution in [1.82, 2.24) is 4.90 Å². The van der Waals surface area contributed by atoms with Gasteiger partial charge in [-0.1, -0.05) is 6.07 Å². The molecule has 1 saturated heterocycles. The van der Waals surface area contributed by atoms with E-state index in [1.165, 1.54) is 17.0 Å². The van der Waals surface area contributed by atoms with Crippen molar-refractivity contribution >= 4 is 5.91 Å². The van der Waals surface area contributed by atoms with Crippen molar-refractivity contribution in [3.63, 3.8) is 0 Å². The number of nitrogens with zero attached hydrogens (tertiary/aromatic N) is 1. The molecule has 28 heavy (non-hydrogen) atoms. The lowest BCUT2D eigenvalue weighted by molar-refractivity contribution is -0.917. The topological polar surface area (TPSA) is 52.4 Å². The Labute approximate surface area is 164 Å². The summed E-state index contributed by atoms with van der Waals surface area (Å²) in [5.74, 6) is 1.34. The van der Waals surface area contributed by atoms with E-state index in [1.807, 2.05) is 12.1 Å². The lowest BCUT2D eigenvalue weighted by atomic mass is 10.1. The lowest BCUT2D eigenvalue weighted by Gasteiger charge is -2.32. The van der Waals surface area contributed by atoms with E-state index >= 15 is 0 Å². The number of rotatable bonds is 6. The number of carbonyl (C=O) groups is 1. The molecule has 1 N–H and O–H groups in total. The number of hydrogen-bond donors (Lipinski definition) is 1. The van der Waals surface area contributed by atoms with Crippen molar-refractivity contribution in [3.8, 4) is 17.2 Å². The number of benzene rings is 2. The highest BCUT2D eigenvalue weighted by atomic mass is 19.1. The van der Waals surface area contributed by atoms with E-state index < -0.39 is 5.82 Å². The zero-order valence-corrected chi connectivity index (χ0v) is 16.5. The SMILES string of the molecule is COc1cc(C[NH+]2CCN(C(=O)c3cccc(F)c3)CC2)cc(OC)c1OC. The number of piperazine rings is 1. The van der Waals surface area contributed by atoms with Crippen molar-refractivity contribution < 1.29 is 28.3 Å². The normalized spacial score (nSPS) is 14.6. The van der Waals surface area contributed by atoms with Crippen LogP contribution in [0.3, 0.4) is 0 Å². The van der Waals surface area contributed by atoms with Gasteiger partial charge in [-0.15, -0.1) is 0 Å². The molecule has 2 aromatic rings. The van der Waals surface area contributed by atoms with Crippen molar-refractivity contribution in [2.75, 3.05) is 47.5 Å². The summed E-state index contributed by atoms with van der Waals surface area (Å²) in [6.45, 7) is 3.69. The maximum atomic E-state index is 13.4. The largest absolute Gasteiger partial charge is 0.493 e. The number of carbonyl (C=O) groups excluding carboxylic acids is 1. The Bertz CT molecular complexity index is 810. The molecule has 2 aromatic carbocycles. The van der Waals surface area contributed by atoms with Crippen LogP contribution in [0.25, 0.3) is 0 Å². The third-order valence-corrected chi connectivity index (χ3v) is 5.01. The highest BCUT2D eigenvalue weighted by Gasteiger charge is 2.25. The van der Waals surface area contributed by atoms with E-state index in [-0.39, 0.29) is 5.91 Å². The average Bonchev–Trinajstić information content (AvgIpc) is 2.73. The van der Waals surface area contributed by atoms with Gasteiger partial charge in [0.2, 0.25) is 5.75 Å². The molecule has 6 nitrogen and oxygen atoms in total. The van der Waals surface area contributed by atoms with Crippen molar-refractivity contribution in [1.29, 1.82) is 0 Å². The van der Waals surface area contributed by atoms with Crippen LogP contribution in [0.4, 0.5) is 4.39 Å². The molecule has 1 aliphatic rings. The van der Waals surface area contributed by atoms with Crippen LogP contribution in [0.15, 0.2) is 36.4 Å². The Morgan fingerprint density at radius 2 is 1.68 bits per heavy atom. The van der Waals surface area contributed by atoms with E-state index in [4.69, 9.17) is 14.2 Å². The molecule has 0 aromatic heterocycles. The van der Waals surface area contributed by atoms with Crippen LogP contribution in [0.5, 0.6) is 17.2 Å². The van der Waals surface area contributed by atoms with Crippen LogP contribution in [-0.4, -0.2) is 58.3 Å². The molecule has 0 atom stereocenters. The molecule has 1 fully saturated rings. The van der Waals surface area contributed by atoms with Crippen molar-refractivity contribution in [2.45, 2.75) is 6.54 Å². The average molecular weight is 389 g/mol. The number of nitrogens with one attached hydrogen (secondary N) is 1. The molecule has 1 amide bonds. The molecule has 0 aliphatic carbocycles. The van der Waals surface area contributed by atoms with Gasteiger partial charge in [0.15, 0.2) is 11.5 Å². The number of quaternary nitrogens is 1. The molecule has 0 saturated carbocycles. The van der Waals surface area contributed by atoms with Gasteiger partial charge in [0, 0.05) is 11.1 Å². The molecule has 0 bridgehead atoms. The summed E-state index contributed by atoms with van der Waals surface area (Å²) in [5, 5.41) is 0. The molecule has 1 aliphatic heterocycles. The smallest absolute Gasteiger partial charge is 0.254 e. The number of amides is 1. The number of hydrogen-bond acceptors (Lipinski definition) is 4. The number of ether oxygens (including phenoxy) is 3. The molecular weight excluding hydrogens is 363 g/mol. The summed E-state index contributed by atoms with van der Waals surface area (Å²) in [4.78, 5) is 15.7. The van der Waals surface area contributed by atoms with Gasteiger partial charge in [0.25, 0.3) is 5.91 Å². The highest BCUT2D eigenvalue weighted by molar-refractivity contribution is 5.94. The fourth-order valence-corrected chi connectivity index (χ4v) is 3.53. The van der Waals surface area contributed by atoms with Gasteiger partial charge in [-0.25, -0.2) is 4.39 Å². The Balaban J connectivity index is 1.63. The highest BCUT2D eigenvalue weighted by Crippen LogP contribution is 2.37. The van der Waals surface area contributed by atoms with E-state index in [9.17, 15) is 9.18 Å². The van der Waals surface area contributed by atoms with Gasteiger partial charge in [-0.2, -0.15) is 0 Å². The Kier molecular flexibility index (Phi) is 6.36. The molecule has 7 heteroatoms. The van der Waals surface area contributed by atoms with Crippen molar-refractivity contribution in [2.24, 2.45) is 0 Å². The Morgan fingerprint density at radius 1 is 1.04 bits per heavy atom. The molecule has 3 rings (SSSR count).